The number of rotatable bonds is 2. The highest BCUT2D eigenvalue weighted by atomic mass is 35.5. The number of thiazole rings is 1. The van der Waals surface area contributed by atoms with Gasteiger partial charge in [0.05, 0.1) is 22.6 Å². The van der Waals surface area contributed by atoms with Gasteiger partial charge in [0.15, 0.2) is 4.77 Å². The van der Waals surface area contributed by atoms with E-state index in [9.17, 15) is 4.79 Å². The van der Waals surface area contributed by atoms with E-state index < -0.39 is 0 Å². The molecule has 1 aromatic carbocycles. The van der Waals surface area contributed by atoms with Crippen LogP contribution in [0.2, 0.25) is 5.02 Å². The fourth-order valence-electron chi connectivity index (χ4n) is 1.89. The molecule has 92 valence electrons. The molecule has 2 aromatic heterocycles. The second-order valence-electron chi connectivity index (χ2n) is 3.83. The van der Waals surface area contributed by atoms with Crippen LogP contribution in [-0.2, 0) is 6.54 Å². The Kier molecular flexibility index (Phi) is 2.85. The van der Waals surface area contributed by atoms with E-state index >= 15 is 0 Å². The number of imidazole rings is 1. The van der Waals surface area contributed by atoms with Crippen molar-refractivity contribution in [3.05, 3.63) is 48.7 Å². The summed E-state index contributed by atoms with van der Waals surface area (Å²) in [4.78, 5) is 16.9. The van der Waals surface area contributed by atoms with Crippen LogP contribution in [0.5, 0.6) is 0 Å². The summed E-state index contributed by atoms with van der Waals surface area (Å²) in [6, 6.07) is 5.61. The van der Waals surface area contributed by atoms with Crippen LogP contribution in [-0.4, -0.2) is 14.5 Å². The minimum atomic E-state index is -0.0672. The monoisotopic (exact) mass is 297 g/mol. The Bertz CT molecular complexity index is 827. The van der Waals surface area contributed by atoms with Crippen LogP contribution in [0.4, 0.5) is 0 Å². The highest BCUT2D eigenvalue weighted by Crippen LogP contribution is 2.23. The number of fused-ring (bicyclic) bond motifs is 1. The number of nitrogens with zero attached hydrogens (tertiary/aromatic N) is 1. The van der Waals surface area contributed by atoms with E-state index in [2.05, 4.69) is 9.97 Å². The predicted octanol–water partition coefficient (Wildman–Crippen LogP) is 3.15. The summed E-state index contributed by atoms with van der Waals surface area (Å²) in [6.07, 6.45) is 0. The van der Waals surface area contributed by atoms with Gasteiger partial charge in [0.2, 0.25) is 0 Å². The van der Waals surface area contributed by atoms with Crippen molar-refractivity contribution in [2.75, 3.05) is 0 Å². The molecule has 0 radical (unpaired) electrons. The van der Waals surface area contributed by atoms with E-state index in [1.54, 1.807) is 5.38 Å². The number of benzene rings is 1. The van der Waals surface area contributed by atoms with Crippen LogP contribution < -0.4 is 4.87 Å². The maximum atomic E-state index is 11.1. The fraction of sp³-hybridized carbons (Fsp3) is 0.0909. The first-order chi connectivity index (χ1) is 8.65. The van der Waals surface area contributed by atoms with Crippen molar-refractivity contribution in [2.24, 2.45) is 0 Å². The quantitative estimate of drug-likeness (QED) is 0.714. The maximum Gasteiger partial charge on any atom is 0.304 e. The summed E-state index contributed by atoms with van der Waals surface area (Å²) < 4.78 is 2.47. The molecule has 0 bridgehead atoms. The van der Waals surface area contributed by atoms with Crippen molar-refractivity contribution in [1.29, 1.82) is 0 Å². The molecule has 0 atom stereocenters. The van der Waals surface area contributed by atoms with Crippen LogP contribution in [0.1, 0.15) is 5.69 Å². The summed E-state index contributed by atoms with van der Waals surface area (Å²) in [5.41, 5.74) is 2.57. The highest BCUT2D eigenvalue weighted by Gasteiger charge is 2.09. The van der Waals surface area contributed by atoms with Gasteiger partial charge in [-0.3, -0.25) is 4.79 Å². The zero-order valence-electron chi connectivity index (χ0n) is 9.07. The van der Waals surface area contributed by atoms with Crippen molar-refractivity contribution < 1.29 is 0 Å². The van der Waals surface area contributed by atoms with Gasteiger partial charge in [0.1, 0.15) is 0 Å². The van der Waals surface area contributed by atoms with Gasteiger partial charge in [-0.15, -0.1) is 0 Å². The Labute approximate surface area is 116 Å². The molecular weight excluding hydrogens is 290 g/mol. The van der Waals surface area contributed by atoms with Crippen molar-refractivity contribution in [3.63, 3.8) is 0 Å². The molecule has 0 aliphatic rings. The number of hydrogen-bond donors (Lipinski definition) is 2. The summed E-state index contributed by atoms with van der Waals surface area (Å²) in [5.74, 6) is 0. The number of para-hydroxylation sites is 1. The van der Waals surface area contributed by atoms with Crippen molar-refractivity contribution in [2.45, 2.75) is 6.54 Å². The van der Waals surface area contributed by atoms with E-state index in [-0.39, 0.29) is 4.87 Å². The third-order valence-electron chi connectivity index (χ3n) is 2.64. The molecule has 0 aliphatic carbocycles. The Morgan fingerprint density at radius 1 is 1.39 bits per heavy atom. The first kappa shape index (κ1) is 11.7. The zero-order valence-corrected chi connectivity index (χ0v) is 11.5. The van der Waals surface area contributed by atoms with Gasteiger partial charge in [0, 0.05) is 11.1 Å². The maximum absolute atomic E-state index is 11.1. The fourth-order valence-corrected chi connectivity index (χ4v) is 3.00. The second kappa shape index (κ2) is 4.38. The highest BCUT2D eigenvalue weighted by molar-refractivity contribution is 7.71. The lowest BCUT2D eigenvalue weighted by atomic mass is 10.3. The van der Waals surface area contributed by atoms with Crippen LogP contribution in [0, 0.1) is 4.77 Å². The SMILES string of the molecule is O=c1[nH]c(Cn2c(=S)[nH]c3cccc(Cl)c32)cs1. The molecule has 0 aliphatic heterocycles. The van der Waals surface area contributed by atoms with Gasteiger partial charge in [-0.2, -0.15) is 0 Å². The van der Waals surface area contributed by atoms with Crippen LogP contribution in [0.25, 0.3) is 11.0 Å². The molecule has 18 heavy (non-hydrogen) atoms. The van der Waals surface area contributed by atoms with Gasteiger partial charge in [0.25, 0.3) is 0 Å². The molecule has 4 nitrogen and oxygen atoms in total. The summed E-state index contributed by atoms with van der Waals surface area (Å²) in [6.45, 7) is 0.501. The molecule has 0 fully saturated rings. The standard InChI is InChI=1S/C11H8ClN3OS2/c12-7-2-1-3-8-9(7)15(10(17)14-8)4-6-5-18-11(16)13-6/h1-3,5H,4H2,(H,13,16)(H,14,17). The minimum Gasteiger partial charge on any atom is -0.331 e. The molecule has 0 spiro atoms. The summed E-state index contributed by atoms with van der Waals surface area (Å²) >= 11 is 12.6. The third kappa shape index (κ3) is 1.92. The largest absolute Gasteiger partial charge is 0.331 e. The van der Waals surface area contributed by atoms with Crippen molar-refractivity contribution in [1.82, 2.24) is 14.5 Å². The van der Waals surface area contributed by atoms with Gasteiger partial charge in [-0.05, 0) is 24.4 Å². The van der Waals surface area contributed by atoms with Gasteiger partial charge < -0.3 is 14.5 Å². The van der Waals surface area contributed by atoms with E-state index in [0.717, 1.165) is 28.1 Å². The third-order valence-corrected chi connectivity index (χ3v) is 3.99. The van der Waals surface area contributed by atoms with Crippen LogP contribution in [0.15, 0.2) is 28.4 Å². The lowest BCUT2D eigenvalue weighted by molar-refractivity contribution is 0.789. The molecule has 0 saturated carbocycles. The van der Waals surface area contributed by atoms with Gasteiger partial charge >= 0.3 is 4.87 Å². The van der Waals surface area contributed by atoms with E-state index in [0.29, 0.717) is 16.3 Å². The molecule has 3 aromatic rings. The number of aromatic nitrogens is 3. The number of H-pyrrole nitrogens is 2. The molecule has 0 saturated heterocycles. The van der Waals surface area contributed by atoms with E-state index in [4.69, 9.17) is 23.8 Å². The van der Waals surface area contributed by atoms with Gasteiger partial charge in [-0.1, -0.05) is 29.0 Å². The normalized spacial score (nSPS) is 11.2. The summed E-state index contributed by atoms with van der Waals surface area (Å²) in [5, 5.41) is 2.43. The molecule has 7 heteroatoms. The molecule has 3 rings (SSSR count). The Balaban J connectivity index is 2.19. The number of halogens is 1. The van der Waals surface area contributed by atoms with Crippen molar-refractivity contribution >= 4 is 46.2 Å². The van der Waals surface area contributed by atoms with Crippen LogP contribution in [0.3, 0.4) is 0 Å². The summed E-state index contributed by atoms with van der Waals surface area (Å²) in [7, 11) is 0. The van der Waals surface area contributed by atoms with Gasteiger partial charge in [-0.25, -0.2) is 0 Å². The predicted molar refractivity (Wildman–Crippen MR) is 76.2 cm³/mol. The van der Waals surface area contributed by atoms with E-state index in [1.807, 2.05) is 22.8 Å². The average Bonchev–Trinajstić information content (AvgIpc) is 2.85. The Morgan fingerprint density at radius 3 is 2.94 bits per heavy atom. The second-order valence-corrected chi connectivity index (χ2v) is 5.46. The molecular formula is C11H8ClN3OS2. The molecule has 0 unspecified atom stereocenters. The molecule has 2 heterocycles. The lowest BCUT2D eigenvalue weighted by Gasteiger charge is -2.03. The smallest absolute Gasteiger partial charge is 0.304 e. The number of aromatic amines is 2. The topological polar surface area (TPSA) is 53.6 Å². The minimum absolute atomic E-state index is 0.0672. The molecule has 2 N–H and O–H groups in total. The number of hydrogen-bond acceptors (Lipinski definition) is 3. The molecule has 0 amide bonds. The van der Waals surface area contributed by atoms with Crippen LogP contribution >= 0.6 is 35.2 Å². The first-order valence-electron chi connectivity index (χ1n) is 5.19. The van der Waals surface area contributed by atoms with E-state index in [1.165, 1.54) is 0 Å². The Hall–Kier alpha value is -1.37. The lowest BCUT2D eigenvalue weighted by Crippen LogP contribution is -2.03. The Morgan fingerprint density at radius 2 is 2.22 bits per heavy atom. The zero-order chi connectivity index (χ0) is 12.7. The van der Waals surface area contributed by atoms with Crippen molar-refractivity contribution in [3.8, 4) is 0 Å². The first-order valence-corrected chi connectivity index (χ1v) is 6.85. The average molecular weight is 298 g/mol. The number of nitrogens with one attached hydrogen (secondary N) is 2.